The Labute approximate surface area is 105 Å². The summed E-state index contributed by atoms with van der Waals surface area (Å²) in [4.78, 5) is 12.0. The summed E-state index contributed by atoms with van der Waals surface area (Å²) in [6.45, 7) is 4.41. The Bertz CT molecular complexity index is 316. The van der Waals surface area contributed by atoms with E-state index in [9.17, 15) is 4.79 Å². The van der Waals surface area contributed by atoms with Crippen LogP contribution in [-0.4, -0.2) is 5.78 Å². The van der Waals surface area contributed by atoms with Gasteiger partial charge in [-0.3, -0.25) is 4.79 Å². The monoisotopic (exact) mass is 232 g/mol. The minimum atomic E-state index is 0.300. The average Bonchev–Trinajstić information content (AvgIpc) is 2.38. The zero-order chi connectivity index (χ0) is 12.5. The predicted octanol–water partition coefficient (Wildman–Crippen LogP) is 4.87. The fraction of sp³-hybridized carbons (Fsp3) is 0.562. The molecular formula is C16H24O. The Kier molecular flexibility index (Phi) is 6.61. The van der Waals surface area contributed by atoms with Crippen molar-refractivity contribution in [3.8, 4) is 0 Å². The maximum absolute atomic E-state index is 12.0. The van der Waals surface area contributed by atoms with Crippen LogP contribution in [0.4, 0.5) is 0 Å². The van der Waals surface area contributed by atoms with Crippen molar-refractivity contribution in [2.45, 2.75) is 52.4 Å². The second-order valence-corrected chi connectivity index (χ2v) is 4.76. The highest BCUT2D eigenvalue weighted by atomic mass is 16.1. The van der Waals surface area contributed by atoms with Crippen LogP contribution in [0.25, 0.3) is 0 Å². The lowest BCUT2D eigenvalue weighted by Crippen LogP contribution is -2.08. The molecule has 17 heavy (non-hydrogen) atoms. The van der Waals surface area contributed by atoms with Crippen LogP contribution in [-0.2, 0) is 0 Å². The summed E-state index contributed by atoms with van der Waals surface area (Å²) in [5, 5.41) is 0. The summed E-state index contributed by atoms with van der Waals surface area (Å²) in [6.07, 6.45) is 6.82. The van der Waals surface area contributed by atoms with Crippen molar-refractivity contribution in [1.82, 2.24) is 0 Å². The van der Waals surface area contributed by atoms with Gasteiger partial charge in [0.2, 0.25) is 0 Å². The first-order valence-electron chi connectivity index (χ1n) is 6.86. The van der Waals surface area contributed by atoms with E-state index in [-0.39, 0.29) is 0 Å². The molecule has 0 spiro atoms. The van der Waals surface area contributed by atoms with Gasteiger partial charge in [-0.2, -0.15) is 0 Å². The Balaban J connectivity index is 2.42. The van der Waals surface area contributed by atoms with Gasteiger partial charge in [-0.05, 0) is 5.92 Å². The van der Waals surface area contributed by atoms with Crippen molar-refractivity contribution in [1.29, 1.82) is 0 Å². The van der Waals surface area contributed by atoms with E-state index in [1.54, 1.807) is 0 Å². The lowest BCUT2D eigenvalue weighted by Gasteiger charge is -2.13. The molecule has 0 saturated carbocycles. The molecule has 1 atom stereocenters. The lowest BCUT2D eigenvalue weighted by molar-refractivity contribution is 0.0957. The number of carbonyl (C=O) groups is 1. The fourth-order valence-corrected chi connectivity index (χ4v) is 2.14. The van der Waals surface area contributed by atoms with E-state index in [0.717, 1.165) is 12.0 Å². The maximum Gasteiger partial charge on any atom is 0.163 e. The van der Waals surface area contributed by atoms with Crippen LogP contribution >= 0.6 is 0 Å². The third kappa shape index (κ3) is 5.16. The molecule has 1 aromatic rings. The molecule has 94 valence electrons. The van der Waals surface area contributed by atoms with Gasteiger partial charge in [0.1, 0.15) is 0 Å². The van der Waals surface area contributed by atoms with Crippen LogP contribution in [0.1, 0.15) is 62.7 Å². The van der Waals surface area contributed by atoms with Gasteiger partial charge in [-0.25, -0.2) is 0 Å². The maximum atomic E-state index is 12.0. The first-order chi connectivity index (χ1) is 8.27. The van der Waals surface area contributed by atoms with Crippen LogP contribution in [0, 0.1) is 5.92 Å². The molecule has 0 heterocycles. The smallest absolute Gasteiger partial charge is 0.163 e. The van der Waals surface area contributed by atoms with Crippen molar-refractivity contribution >= 4 is 5.78 Å². The van der Waals surface area contributed by atoms with E-state index in [1.807, 2.05) is 30.3 Å². The summed E-state index contributed by atoms with van der Waals surface area (Å²) >= 11 is 0. The third-order valence-corrected chi connectivity index (χ3v) is 3.36. The average molecular weight is 232 g/mol. The van der Waals surface area contributed by atoms with E-state index in [4.69, 9.17) is 0 Å². The van der Waals surface area contributed by atoms with Crippen molar-refractivity contribution in [2.24, 2.45) is 5.92 Å². The number of hydrogen-bond donors (Lipinski definition) is 0. The number of Topliss-reactive ketones (excluding diaryl/α,β-unsaturated/α-hetero) is 1. The van der Waals surface area contributed by atoms with Crippen molar-refractivity contribution < 1.29 is 4.79 Å². The van der Waals surface area contributed by atoms with Gasteiger partial charge in [0.15, 0.2) is 5.78 Å². The summed E-state index contributed by atoms with van der Waals surface area (Å²) in [5.74, 6) is 0.864. The topological polar surface area (TPSA) is 17.1 Å². The van der Waals surface area contributed by atoms with E-state index < -0.39 is 0 Å². The molecular weight excluding hydrogens is 208 g/mol. The number of ketones is 1. The van der Waals surface area contributed by atoms with Gasteiger partial charge < -0.3 is 0 Å². The Hall–Kier alpha value is -1.11. The minimum absolute atomic E-state index is 0.300. The first-order valence-corrected chi connectivity index (χ1v) is 6.86. The van der Waals surface area contributed by atoms with Crippen LogP contribution in [0.15, 0.2) is 30.3 Å². The molecule has 1 nitrogen and oxygen atoms in total. The zero-order valence-electron chi connectivity index (χ0n) is 11.1. The molecule has 1 rings (SSSR count). The summed E-state index contributed by atoms with van der Waals surface area (Å²) in [5.41, 5.74) is 0.862. The van der Waals surface area contributed by atoms with Crippen molar-refractivity contribution in [2.75, 3.05) is 0 Å². The molecule has 1 heteroatoms. The molecule has 0 radical (unpaired) electrons. The highest BCUT2D eigenvalue weighted by Crippen LogP contribution is 2.19. The number of carbonyl (C=O) groups excluding carboxylic acids is 1. The molecule has 0 fully saturated rings. The highest BCUT2D eigenvalue weighted by Gasteiger charge is 2.13. The van der Waals surface area contributed by atoms with Gasteiger partial charge in [0.25, 0.3) is 0 Å². The lowest BCUT2D eigenvalue weighted by atomic mass is 9.91. The second kappa shape index (κ2) is 8.05. The predicted molar refractivity (Wildman–Crippen MR) is 73.3 cm³/mol. The Morgan fingerprint density at radius 3 is 2.41 bits per heavy atom. The molecule has 0 aromatic heterocycles. The quantitative estimate of drug-likeness (QED) is 0.462. The minimum Gasteiger partial charge on any atom is -0.294 e. The Morgan fingerprint density at radius 2 is 1.82 bits per heavy atom. The molecule has 0 bridgehead atoms. The second-order valence-electron chi connectivity index (χ2n) is 4.76. The van der Waals surface area contributed by atoms with Crippen molar-refractivity contribution in [3.05, 3.63) is 35.9 Å². The van der Waals surface area contributed by atoms with Crippen LogP contribution in [0.2, 0.25) is 0 Å². The third-order valence-electron chi connectivity index (χ3n) is 3.36. The molecule has 0 aliphatic heterocycles. The summed E-state index contributed by atoms with van der Waals surface area (Å²) in [6, 6.07) is 9.66. The van der Waals surface area contributed by atoms with Gasteiger partial charge in [0, 0.05) is 12.0 Å². The molecule has 0 saturated heterocycles. The van der Waals surface area contributed by atoms with Crippen LogP contribution in [0.3, 0.4) is 0 Å². The molecule has 0 N–H and O–H groups in total. The van der Waals surface area contributed by atoms with Crippen LogP contribution in [0.5, 0.6) is 0 Å². The highest BCUT2D eigenvalue weighted by molar-refractivity contribution is 5.96. The SMILES string of the molecule is CCCCCC(CC)CC(=O)c1ccccc1. The summed E-state index contributed by atoms with van der Waals surface area (Å²) in [7, 11) is 0. The van der Waals surface area contributed by atoms with Gasteiger partial charge in [-0.15, -0.1) is 0 Å². The van der Waals surface area contributed by atoms with Crippen molar-refractivity contribution in [3.63, 3.8) is 0 Å². The fourth-order valence-electron chi connectivity index (χ4n) is 2.14. The molecule has 0 aliphatic carbocycles. The number of unbranched alkanes of at least 4 members (excludes halogenated alkanes) is 2. The summed E-state index contributed by atoms with van der Waals surface area (Å²) < 4.78 is 0. The van der Waals surface area contributed by atoms with E-state index in [0.29, 0.717) is 18.1 Å². The molecule has 0 aliphatic rings. The Morgan fingerprint density at radius 1 is 1.12 bits per heavy atom. The number of benzene rings is 1. The van der Waals surface area contributed by atoms with Gasteiger partial charge >= 0.3 is 0 Å². The van der Waals surface area contributed by atoms with Gasteiger partial charge in [0.05, 0.1) is 0 Å². The standard InChI is InChI=1S/C16H24O/c1-3-5-7-10-14(4-2)13-16(17)15-11-8-6-9-12-15/h6,8-9,11-12,14H,3-5,7,10,13H2,1-2H3. The molecule has 1 unspecified atom stereocenters. The largest absolute Gasteiger partial charge is 0.294 e. The zero-order valence-corrected chi connectivity index (χ0v) is 11.1. The normalized spacial score (nSPS) is 12.4. The van der Waals surface area contributed by atoms with E-state index in [1.165, 1.54) is 25.7 Å². The van der Waals surface area contributed by atoms with E-state index in [2.05, 4.69) is 13.8 Å². The first kappa shape index (κ1) is 14.0. The van der Waals surface area contributed by atoms with Crippen LogP contribution < -0.4 is 0 Å². The number of rotatable bonds is 8. The molecule has 1 aromatic carbocycles. The van der Waals surface area contributed by atoms with Gasteiger partial charge in [-0.1, -0.05) is 76.3 Å². The molecule has 0 amide bonds. The van der Waals surface area contributed by atoms with E-state index >= 15 is 0 Å². The number of hydrogen-bond acceptors (Lipinski definition) is 1.